The number of carbonyl (C=O) groups excluding carboxylic acids is 2. The number of esters is 2. The highest BCUT2D eigenvalue weighted by Gasteiger charge is 2.63. The molecule has 0 amide bonds. The second-order valence-corrected chi connectivity index (χ2v) is 12.6. The Balaban J connectivity index is 1.59. The van der Waals surface area contributed by atoms with Crippen LogP contribution < -0.4 is 0 Å². The highest BCUT2D eigenvalue weighted by molar-refractivity contribution is 5.69. The molecule has 4 unspecified atom stereocenters. The Kier molecular flexibility index (Phi) is 6.73. The molecule has 4 fully saturated rings. The maximum Gasteiger partial charge on any atom is 0.305 e. The van der Waals surface area contributed by atoms with Crippen molar-refractivity contribution in [3.63, 3.8) is 0 Å². The third-order valence-corrected chi connectivity index (χ3v) is 11.0. The van der Waals surface area contributed by atoms with E-state index in [0.717, 1.165) is 18.8 Å². The number of methoxy groups -OCH3 is 1. The molecule has 4 saturated carbocycles. The lowest BCUT2D eigenvalue weighted by molar-refractivity contribution is -0.191. The molecule has 0 heterocycles. The molecule has 0 aliphatic heterocycles. The minimum atomic E-state index is -0.102. The zero-order chi connectivity index (χ0) is 23.3. The maximum atomic E-state index is 12.1. The van der Waals surface area contributed by atoms with E-state index >= 15 is 0 Å². The fourth-order valence-corrected chi connectivity index (χ4v) is 9.37. The molecular weight excluding hydrogens is 400 g/mol. The predicted molar refractivity (Wildman–Crippen MR) is 126 cm³/mol. The standard InChI is InChI=1S/C28H46O4/c1-17-11-13-27(4)20(15-17)16-24(32-19(3)29)26-22-9-8-21(18(2)7-10-25(30)31-6)28(22,5)14-12-23(26)27/h17-18,20-24,26H,7-16H2,1-6H3/t17-,18-,20+,21-,22?,23?,24?,26?,27+,28-/m1/s1. The van der Waals surface area contributed by atoms with Crippen LogP contribution in [0.2, 0.25) is 0 Å². The highest BCUT2D eigenvalue weighted by atomic mass is 16.5. The van der Waals surface area contributed by atoms with E-state index in [1.807, 2.05) is 0 Å². The molecule has 4 heteroatoms. The molecule has 4 rings (SSSR count). The van der Waals surface area contributed by atoms with Crippen LogP contribution in [0.3, 0.4) is 0 Å². The first-order valence-corrected chi connectivity index (χ1v) is 13.3. The summed E-state index contributed by atoms with van der Waals surface area (Å²) < 4.78 is 11.0. The summed E-state index contributed by atoms with van der Waals surface area (Å²) in [6, 6.07) is 0. The van der Waals surface area contributed by atoms with E-state index < -0.39 is 0 Å². The first-order valence-electron chi connectivity index (χ1n) is 13.3. The monoisotopic (exact) mass is 446 g/mol. The van der Waals surface area contributed by atoms with Gasteiger partial charge in [-0.25, -0.2) is 0 Å². The van der Waals surface area contributed by atoms with Crippen LogP contribution in [0.25, 0.3) is 0 Å². The Morgan fingerprint density at radius 3 is 2.38 bits per heavy atom. The number of ether oxygens (including phenoxy) is 2. The van der Waals surface area contributed by atoms with Gasteiger partial charge in [0.1, 0.15) is 6.10 Å². The van der Waals surface area contributed by atoms with Crippen molar-refractivity contribution >= 4 is 11.9 Å². The first-order chi connectivity index (χ1) is 15.1. The van der Waals surface area contributed by atoms with E-state index in [2.05, 4.69) is 27.7 Å². The molecule has 0 N–H and O–H groups in total. The average Bonchev–Trinajstić information content (AvgIpc) is 3.09. The van der Waals surface area contributed by atoms with E-state index in [9.17, 15) is 9.59 Å². The second-order valence-electron chi connectivity index (χ2n) is 12.6. The molecule has 0 spiro atoms. The van der Waals surface area contributed by atoms with E-state index in [1.165, 1.54) is 52.1 Å². The summed E-state index contributed by atoms with van der Waals surface area (Å²) in [6.45, 7) is 11.5. The summed E-state index contributed by atoms with van der Waals surface area (Å²) in [5.41, 5.74) is 0.698. The van der Waals surface area contributed by atoms with Gasteiger partial charge >= 0.3 is 11.9 Å². The van der Waals surface area contributed by atoms with Crippen molar-refractivity contribution in [1.29, 1.82) is 0 Å². The Morgan fingerprint density at radius 2 is 1.69 bits per heavy atom. The van der Waals surface area contributed by atoms with Crippen molar-refractivity contribution in [2.75, 3.05) is 7.11 Å². The number of carbonyl (C=O) groups is 2. The smallest absolute Gasteiger partial charge is 0.305 e. The van der Waals surface area contributed by atoms with Gasteiger partial charge in [0.25, 0.3) is 0 Å². The van der Waals surface area contributed by atoms with E-state index in [1.54, 1.807) is 6.92 Å². The number of hydrogen-bond acceptors (Lipinski definition) is 4. The topological polar surface area (TPSA) is 52.6 Å². The van der Waals surface area contributed by atoms with Gasteiger partial charge in [0.2, 0.25) is 0 Å². The van der Waals surface area contributed by atoms with Crippen LogP contribution in [-0.2, 0) is 19.1 Å². The Morgan fingerprint density at radius 1 is 1.00 bits per heavy atom. The van der Waals surface area contributed by atoms with Gasteiger partial charge in [0, 0.05) is 19.3 Å². The van der Waals surface area contributed by atoms with Gasteiger partial charge in [-0.1, -0.05) is 34.1 Å². The van der Waals surface area contributed by atoms with Crippen LogP contribution in [0.1, 0.15) is 98.8 Å². The lowest BCUT2D eigenvalue weighted by Crippen LogP contribution is -2.59. The molecule has 0 saturated heterocycles. The van der Waals surface area contributed by atoms with Gasteiger partial charge in [-0.05, 0) is 97.7 Å². The number of fused-ring (bicyclic) bond motifs is 5. The fourth-order valence-electron chi connectivity index (χ4n) is 9.37. The molecule has 0 aromatic carbocycles. The molecule has 0 aromatic rings. The summed E-state index contributed by atoms with van der Waals surface area (Å²) in [7, 11) is 1.49. The second kappa shape index (κ2) is 8.95. The molecule has 182 valence electrons. The minimum absolute atomic E-state index is 0.0899. The van der Waals surface area contributed by atoms with Crippen molar-refractivity contribution in [3.05, 3.63) is 0 Å². The minimum Gasteiger partial charge on any atom is -0.469 e. The van der Waals surface area contributed by atoms with Crippen molar-refractivity contribution in [1.82, 2.24) is 0 Å². The molecule has 10 atom stereocenters. The summed E-state index contributed by atoms with van der Waals surface area (Å²) in [6.07, 6.45) is 11.6. The van der Waals surface area contributed by atoms with Gasteiger partial charge in [0.05, 0.1) is 7.11 Å². The zero-order valence-electron chi connectivity index (χ0n) is 21.3. The first kappa shape index (κ1) is 24.1. The van der Waals surface area contributed by atoms with Crippen molar-refractivity contribution in [2.45, 2.75) is 105 Å². The number of rotatable bonds is 5. The van der Waals surface area contributed by atoms with Crippen LogP contribution in [0.5, 0.6) is 0 Å². The van der Waals surface area contributed by atoms with Crippen LogP contribution in [-0.4, -0.2) is 25.2 Å². The van der Waals surface area contributed by atoms with Crippen molar-refractivity contribution in [3.8, 4) is 0 Å². The molecular formula is C28H46O4. The maximum absolute atomic E-state index is 12.1. The van der Waals surface area contributed by atoms with Crippen LogP contribution >= 0.6 is 0 Å². The predicted octanol–water partition coefficient (Wildman–Crippen LogP) is 6.41. The lowest BCUT2D eigenvalue weighted by atomic mass is 9.43. The van der Waals surface area contributed by atoms with Crippen LogP contribution in [0.15, 0.2) is 0 Å². The molecule has 0 aromatic heterocycles. The fraction of sp³-hybridized carbons (Fsp3) is 0.929. The van der Waals surface area contributed by atoms with E-state index in [0.29, 0.717) is 52.8 Å². The summed E-state index contributed by atoms with van der Waals surface area (Å²) >= 11 is 0. The number of hydrogen-bond donors (Lipinski definition) is 0. The molecule has 4 nitrogen and oxygen atoms in total. The largest absolute Gasteiger partial charge is 0.469 e. The van der Waals surface area contributed by atoms with Gasteiger partial charge < -0.3 is 9.47 Å². The van der Waals surface area contributed by atoms with Crippen LogP contribution in [0, 0.1) is 52.3 Å². The summed E-state index contributed by atoms with van der Waals surface area (Å²) in [5, 5.41) is 0. The molecule has 4 aliphatic carbocycles. The molecule has 0 radical (unpaired) electrons. The van der Waals surface area contributed by atoms with Crippen LogP contribution in [0.4, 0.5) is 0 Å². The van der Waals surface area contributed by atoms with Gasteiger partial charge in [-0.3, -0.25) is 9.59 Å². The highest BCUT2D eigenvalue weighted by Crippen LogP contribution is 2.69. The SMILES string of the molecule is COC(=O)CC[C@@H](C)[C@H]1CCC2C3C(OC(C)=O)C[C@@H]4C[C@H](C)CC[C@]4(C)C3CC[C@@]21C. The Hall–Kier alpha value is -1.06. The third-order valence-electron chi connectivity index (χ3n) is 11.0. The summed E-state index contributed by atoms with van der Waals surface area (Å²) in [4.78, 5) is 23.9. The molecule has 32 heavy (non-hydrogen) atoms. The third kappa shape index (κ3) is 4.02. The van der Waals surface area contributed by atoms with Gasteiger partial charge in [-0.15, -0.1) is 0 Å². The lowest BCUT2D eigenvalue weighted by Gasteiger charge is -2.63. The van der Waals surface area contributed by atoms with Crippen molar-refractivity contribution < 1.29 is 19.1 Å². The Labute approximate surface area is 195 Å². The van der Waals surface area contributed by atoms with E-state index in [4.69, 9.17) is 9.47 Å². The van der Waals surface area contributed by atoms with Crippen molar-refractivity contribution in [2.24, 2.45) is 52.3 Å². The van der Waals surface area contributed by atoms with Gasteiger partial charge in [0.15, 0.2) is 0 Å². The average molecular weight is 447 g/mol. The molecule has 0 bridgehead atoms. The van der Waals surface area contributed by atoms with E-state index in [-0.39, 0.29) is 18.0 Å². The quantitative estimate of drug-likeness (QED) is 0.458. The normalized spacial score (nSPS) is 46.4. The van der Waals surface area contributed by atoms with Gasteiger partial charge in [-0.2, -0.15) is 0 Å². The Bertz CT molecular complexity index is 718. The molecule has 4 aliphatic rings. The summed E-state index contributed by atoms with van der Waals surface area (Å²) in [5.74, 6) is 4.28. The zero-order valence-corrected chi connectivity index (χ0v) is 21.3.